The molecule has 4 radical (unpaired) electrons. The van der Waals surface area contributed by atoms with Crippen LogP contribution in [0.5, 0.6) is 46.0 Å². The molecule has 0 aliphatic carbocycles. The summed E-state index contributed by atoms with van der Waals surface area (Å²) in [4.78, 5) is 0. The van der Waals surface area contributed by atoms with Gasteiger partial charge < -0.3 is 50.2 Å². The summed E-state index contributed by atoms with van der Waals surface area (Å²) in [5.41, 5.74) is -8.52. The van der Waals surface area contributed by atoms with Gasteiger partial charge in [0.05, 0.1) is 22.2 Å². The summed E-state index contributed by atoms with van der Waals surface area (Å²) >= 11 is 0. The fraction of sp³-hybridized carbons (Fsp3) is 0.250. The van der Waals surface area contributed by atoms with Gasteiger partial charge in [0.25, 0.3) is 5.58 Å². The van der Waals surface area contributed by atoms with Crippen LogP contribution >= 0.6 is 0 Å². The second-order valence-electron chi connectivity index (χ2n) is 10.6. The lowest BCUT2D eigenvalue weighted by molar-refractivity contribution is 0.00578. The maximum absolute atomic E-state index is 11.4. The lowest BCUT2D eigenvalue weighted by Crippen LogP contribution is -2.41. The van der Waals surface area contributed by atoms with Crippen LogP contribution in [0.1, 0.15) is 27.7 Å². The zero-order valence-electron chi connectivity index (χ0n) is 22.2. The topological polar surface area (TPSA) is 237 Å². The quantitative estimate of drug-likeness (QED) is 0.0599. The van der Waals surface area contributed by atoms with E-state index >= 15 is 0 Å². The van der Waals surface area contributed by atoms with E-state index in [2.05, 4.69) is 0 Å². The monoisotopic (exact) mass is 579 g/mol. The van der Waals surface area contributed by atoms with E-state index in [1.54, 1.807) is 27.7 Å². The molecule has 42 heavy (non-hydrogen) atoms. The summed E-state index contributed by atoms with van der Waals surface area (Å²) in [5.74, 6) is -8.25. The lowest BCUT2D eigenvalue weighted by Gasteiger charge is -2.32. The van der Waals surface area contributed by atoms with E-state index in [0.29, 0.717) is 0 Å². The molecule has 0 saturated carbocycles. The predicted molar refractivity (Wildman–Crippen MR) is 145 cm³/mol. The van der Waals surface area contributed by atoms with Gasteiger partial charge in [0.1, 0.15) is 26.7 Å². The third kappa shape index (κ3) is 3.26. The van der Waals surface area contributed by atoms with Crippen LogP contribution in [0, 0.1) is 0 Å². The zero-order chi connectivity index (χ0) is 30.8. The van der Waals surface area contributed by atoms with Gasteiger partial charge in [-0.1, -0.05) is 0 Å². The first-order chi connectivity index (χ1) is 19.5. The Morgan fingerprint density at radius 2 is 0.952 bits per heavy atom. The van der Waals surface area contributed by atoms with Gasteiger partial charge in [-0.25, -0.2) is 0 Å². The summed E-state index contributed by atoms with van der Waals surface area (Å²) in [5, 5.41) is 86.6. The van der Waals surface area contributed by atoms with E-state index in [1.807, 2.05) is 0 Å². The Kier molecular flexibility index (Phi) is 5.44. The molecule has 0 bridgehead atoms. The summed E-state index contributed by atoms with van der Waals surface area (Å²) in [6, 6.07) is 0. The van der Waals surface area contributed by atoms with Gasteiger partial charge in [-0.2, -0.15) is 0 Å². The highest BCUT2D eigenvalue weighted by molar-refractivity contribution is 6.65. The molecule has 5 aromatic rings. The molecule has 1 aliphatic heterocycles. The SMILES string of the molecule is [B]c1c(O)c(O)c2ooc3c(O)c(B4OC(C)(C)C(C)(C)O4)c(O)c(O)c3n3c4c([B])c(O)c(O)c(O)c4ooc1c23. The van der Waals surface area contributed by atoms with Crippen molar-refractivity contribution in [3.05, 3.63) is 0 Å². The molecule has 3 aromatic carbocycles. The second-order valence-corrected chi connectivity index (χ2v) is 10.6. The predicted octanol–water partition coefficient (Wildman–Crippen LogP) is 0.989. The molecule has 15 nitrogen and oxygen atoms in total. The normalized spacial score (nSPS) is 16.2. The van der Waals surface area contributed by atoms with Crippen LogP contribution in [0.4, 0.5) is 0 Å². The average Bonchev–Trinajstić information content (AvgIpc) is 3.07. The highest BCUT2D eigenvalue weighted by atomic mass is 17.0. The van der Waals surface area contributed by atoms with E-state index in [1.165, 1.54) is 0 Å². The standard InChI is InChI=1S/C24H20B3NO14/c1-23(2)24(3,4)42-27(41-23)7-13(31)15(33)9-21(14(7)32)39-40-22-10-19(6(26)12(30)17(22)35)37-38-20-8(28(9)10)5(25)11(29)16(34)18(20)36/h29-36H,1-4H3. The molecule has 6 rings (SSSR count). The summed E-state index contributed by atoms with van der Waals surface area (Å²) in [6.45, 7) is 6.81. The van der Waals surface area contributed by atoms with Crippen molar-refractivity contribution in [3.8, 4) is 46.0 Å². The molecule has 2 aromatic heterocycles. The smallest absolute Gasteiger partial charge is 0.502 e. The van der Waals surface area contributed by atoms with Gasteiger partial charge >= 0.3 is 7.12 Å². The summed E-state index contributed by atoms with van der Waals surface area (Å²) in [7, 11) is 10.6. The maximum atomic E-state index is 11.4. The summed E-state index contributed by atoms with van der Waals surface area (Å²) < 4.78 is 33.6. The number of hydrogen-bond acceptors (Lipinski definition) is 14. The minimum atomic E-state index is -1.46. The van der Waals surface area contributed by atoms with Gasteiger partial charge in [-0.3, -0.25) is 22.7 Å². The minimum Gasteiger partial charge on any atom is -0.505 e. The van der Waals surface area contributed by atoms with E-state index in [-0.39, 0.29) is 0 Å². The first-order valence-electron chi connectivity index (χ1n) is 12.1. The van der Waals surface area contributed by atoms with E-state index in [9.17, 15) is 40.9 Å². The largest absolute Gasteiger partial charge is 0.505 e. The van der Waals surface area contributed by atoms with Crippen LogP contribution < -0.4 is 16.4 Å². The molecule has 0 spiro atoms. The van der Waals surface area contributed by atoms with Gasteiger partial charge in [0.15, 0.2) is 28.7 Å². The van der Waals surface area contributed by atoms with E-state index in [4.69, 9.17) is 43.3 Å². The van der Waals surface area contributed by atoms with Gasteiger partial charge in [-0.05, 0) is 38.6 Å². The van der Waals surface area contributed by atoms with Crippen molar-refractivity contribution in [1.82, 2.24) is 4.40 Å². The van der Waals surface area contributed by atoms with Crippen LogP contribution in [-0.4, -0.2) is 79.3 Å². The van der Waals surface area contributed by atoms with Crippen LogP contribution in [0.25, 0.3) is 38.9 Å². The molecule has 0 unspecified atom stereocenters. The Labute approximate surface area is 236 Å². The minimum absolute atomic E-state index is 0.488. The van der Waals surface area contributed by atoms with Crippen molar-refractivity contribution in [1.29, 1.82) is 0 Å². The van der Waals surface area contributed by atoms with Crippen molar-refractivity contribution in [2.75, 3.05) is 0 Å². The Balaban J connectivity index is 1.96. The van der Waals surface area contributed by atoms with Gasteiger partial charge in [0, 0.05) is 0 Å². The zero-order valence-corrected chi connectivity index (χ0v) is 22.2. The molecule has 0 atom stereocenters. The lowest BCUT2D eigenvalue weighted by atomic mass is 9.77. The third-order valence-corrected chi connectivity index (χ3v) is 7.72. The molecule has 1 aliphatic rings. The molecule has 8 N–H and O–H groups in total. The van der Waals surface area contributed by atoms with Crippen molar-refractivity contribution in [2.24, 2.45) is 0 Å². The number of rotatable bonds is 1. The number of nitrogens with zero attached hydrogens (tertiary/aromatic N) is 1. The molecular formula is C24H20B3NO14. The summed E-state index contributed by atoms with van der Waals surface area (Å²) in [6.07, 6.45) is 0. The number of fused-ring (bicyclic) bond motifs is 4. The highest BCUT2D eigenvalue weighted by Gasteiger charge is 2.54. The fourth-order valence-electron chi connectivity index (χ4n) is 4.71. The molecule has 214 valence electrons. The molecule has 0 amide bonds. The molecule has 1 saturated heterocycles. The Morgan fingerprint density at radius 3 is 1.52 bits per heavy atom. The molecule has 18 heteroatoms. The number of benzene rings is 3. The van der Waals surface area contributed by atoms with Crippen LogP contribution in [-0.2, 0) is 9.31 Å². The van der Waals surface area contributed by atoms with E-state index in [0.717, 1.165) is 4.40 Å². The Morgan fingerprint density at radius 1 is 0.500 bits per heavy atom. The first kappa shape index (κ1) is 27.3. The molecule has 3 heterocycles. The van der Waals surface area contributed by atoms with Gasteiger partial charge in [-0.15, -0.1) is 0 Å². The Hall–Kier alpha value is -4.83. The van der Waals surface area contributed by atoms with Crippen molar-refractivity contribution in [2.45, 2.75) is 38.9 Å². The van der Waals surface area contributed by atoms with Crippen molar-refractivity contribution >= 4 is 78.1 Å². The van der Waals surface area contributed by atoms with Crippen LogP contribution in [0.15, 0.2) is 18.3 Å². The number of aromatic hydroxyl groups is 8. The average molecular weight is 579 g/mol. The van der Waals surface area contributed by atoms with Crippen molar-refractivity contribution in [3.63, 3.8) is 0 Å². The van der Waals surface area contributed by atoms with Gasteiger partial charge in [0.2, 0.25) is 34.0 Å². The highest BCUT2D eigenvalue weighted by Crippen LogP contribution is 2.47. The number of hydrogen-bond donors (Lipinski definition) is 8. The maximum Gasteiger partial charge on any atom is 0.502 e. The van der Waals surface area contributed by atoms with E-state index < -0.39 is 120 Å². The Bertz CT molecular complexity index is 2060. The number of phenols is 8. The fourth-order valence-corrected chi connectivity index (χ4v) is 4.71. The number of aromatic nitrogens is 1. The van der Waals surface area contributed by atoms with Crippen LogP contribution in [0.3, 0.4) is 0 Å². The molecule has 1 fully saturated rings. The number of phenolic OH excluding ortho intramolecular Hbond substituents is 8. The third-order valence-electron chi connectivity index (χ3n) is 7.72. The van der Waals surface area contributed by atoms with Crippen molar-refractivity contribution < 1.29 is 68.5 Å². The second kappa shape index (κ2) is 8.36. The first-order valence-corrected chi connectivity index (χ1v) is 12.1. The van der Waals surface area contributed by atoms with Crippen LogP contribution in [0.2, 0.25) is 0 Å². The molecular weight excluding hydrogens is 559 g/mol.